The number of hydrogen-bond donors (Lipinski definition) is 0. The number of anilines is 1. The Kier molecular flexibility index (Phi) is 4.65. The van der Waals surface area contributed by atoms with Gasteiger partial charge in [-0.1, -0.05) is 29.3 Å². The van der Waals surface area contributed by atoms with Gasteiger partial charge in [0.1, 0.15) is 5.82 Å². The Morgan fingerprint density at radius 3 is 2.45 bits per heavy atom. The minimum Gasteiger partial charge on any atom is -0.369 e. The van der Waals surface area contributed by atoms with E-state index < -0.39 is 0 Å². The minimum absolute atomic E-state index is 0.208. The summed E-state index contributed by atoms with van der Waals surface area (Å²) in [5, 5.41) is 0.938. The van der Waals surface area contributed by atoms with Crippen LogP contribution in [0.5, 0.6) is 0 Å². The van der Waals surface area contributed by atoms with Crippen LogP contribution in [0.1, 0.15) is 18.4 Å². The normalized spacial score (nSPS) is 15.0. The first-order valence-electron chi connectivity index (χ1n) is 7.17. The first kappa shape index (κ1) is 15.3. The summed E-state index contributed by atoms with van der Waals surface area (Å²) in [6.45, 7) is 1.85. The van der Waals surface area contributed by atoms with Crippen LogP contribution in [0, 0.1) is 5.82 Å². The van der Waals surface area contributed by atoms with Crippen molar-refractivity contribution in [2.45, 2.75) is 12.8 Å². The largest absolute Gasteiger partial charge is 0.369 e. The van der Waals surface area contributed by atoms with Gasteiger partial charge in [-0.15, -0.1) is 0 Å². The van der Waals surface area contributed by atoms with Crippen LogP contribution < -0.4 is 4.90 Å². The highest BCUT2D eigenvalue weighted by molar-refractivity contribution is 6.42. The van der Waals surface area contributed by atoms with E-state index in [4.69, 9.17) is 23.2 Å². The molecule has 1 fully saturated rings. The van der Waals surface area contributed by atoms with Crippen molar-refractivity contribution in [3.63, 3.8) is 0 Å². The molecular formula is C17H15Cl2FN2. The van der Waals surface area contributed by atoms with Gasteiger partial charge in [0.15, 0.2) is 0 Å². The van der Waals surface area contributed by atoms with Gasteiger partial charge in [0.2, 0.25) is 0 Å². The van der Waals surface area contributed by atoms with E-state index in [1.165, 1.54) is 6.07 Å². The number of hydrogen-bond acceptors (Lipinski definition) is 2. The van der Waals surface area contributed by atoms with E-state index in [2.05, 4.69) is 9.89 Å². The van der Waals surface area contributed by atoms with Crippen molar-refractivity contribution < 1.29 is 4.39 Å². The molecule has 0 atom stereocenters. The van der Waals surface area contributed by atoms with Crippen molar-refractivity contribution in [3.05, 3.63) is 57.8 Å². The maximum absolute atomic E-state index is 14.2. The molecule has 1 aliphatic rings. The van der Waals surface area contributed by atoms with Crippen molar-refractivity contribution >= 4 is 40.8 Å². The monoisotopic (exact) mass is 336 g/mol. The van der Waals surface area contributed by atoms with Crippen molar-refractivity contribution in [2.24, 2.45) is 4.99 Å². The molecule has 114 valence electrons. The lowest BCUT2D eigenvalue weighted by Gasteiger charge is -2.18. The van der Waals surface area contributed by atoms with Gasteiger partial charge in [0, 0.05) is 19.3 Å². The lowest BCUT2D eigenvalue weighted by Crippen LogP contribution is -2.18. The molecule has 2 nitrogen and oxygen atoms in total. The van der Waals surface area contributed by atoms with Crippen molar-refractivity contribution in [1.29, 1.82) is 0 Å². The summed E-state index contributed by atoms with van der Waals surface area (Å²) in [5.74, 6) is -0.208. The minimum atomic E-state index is -0.208. The first-order chi connectivity index (χ1) is 10.6. The summed E-state index contributed by atoms with van der Waals surface area (Å²) in [7, 11) is 0. The molecule has 1 heterocycles. The zero-order valence-corrected chi connectivity index (χ0v) is 13.4. The Labute approximate surface area is 139 Å². The lowest BCUT2D eigenvalue weighted by molar-refractivity contribution is 0.623. The second kappa shape index (κ2) is 6.67. The van der Waals surface area contributed by atoms with Crippen LogP contribution in [0.4, 0.5) is 15.8 Å². The molecule has 1 saturated heterocycles. The van der Waals surface area contributed by atoms with E-state index in [0.717, 1.165) is 25.9 Å². The first-order valence-corrected chi connectivity index (χ1v) is 7.93. The summed E-state index contributed by atoms with van der Waals surface area (Å²) < 4.78 is 14.2. The molecule has 22 heavy (non-hydrogen) atoms. The van der Waals surface area contributed by atoms with Gasteiger partial charge in [-0.05, 0) is 48.7 Å². The number of aliphatic imine (C=N–C) groups is 1. The van der Waals surface area contributed by atoms with Crippen LogP contribution in [0.25, 0.3) is 0 Å². The summed E-state index contributed by atoms with van der Waals surface area (Å²) in [5.41, 5.74) is 2.06. The van der Waals surface area contributed by atoms with Crippen LogP contribution in [0.2, 0.25) is 10.0 Å². The topological polar surface area (TPSA) is 15.6 Å². The van der Waals surface area contributed by atoms with E-state index in [9.17, 15) is 4.39 Å². The van der Waals surface area contributed by atoms with Crippen LogP contribution in [0.3, 0.4) is 0 Å². The van der Waals surface area contributed by atoms with E-state index >= 15 is 0 Å². The molecule has 2 aromatic rings. The maximum atomic E-state index is 14.2. The molecule has 2 aromatic carbocycles. The highest BCUT2D eigenvalue weighted by atomic mass is 35.5. The SMILES string of the molecule is Fc1cc(C=Nc2ccc(Cl)c(Cl)c2)ccc1N1CCCC1. The third-order valence-electron chi connectivity index (χ3n) is 3.68. The Hall–Kier alpha value is -1.58. The highest BCUT2D eigenvalue weighted by Crippen LogP contribution is 2.27. The molecule has 0 unspecified atom stereocenters. The molecule has 0 saturated carbocycles. The van der Waals surface area contributed by atoms with Gasteiger partial charge in [0.25, 0.3) is 0 Å². The molecule has 0 aromatic heterocycles. The Bertz CT molecular complexity index is 710. The molecule has 0 N–H and O–H groups in total. The summed E-state index contributed by atoms with van der Waals surface area (Å²) >= 11 is 11.8. The Morgan fingerprint density at radius 2 is 1.77 bits per heavy atom. The van der Waals surface area contributed by atoms with Gasteiger partial charge in [-0.3, -0.25) is 4.99 Å². The average Bonchev–Trinajstić information content (AvgIpc) is 3.02. The van der Waals surface area contributed by atoms with Gasteiger partial charge in [-0.2, -0.15) is 0 Å². The summed E-state index contributed by atoms with van der Waals surface area (Å²) in [6.07, 6.45) is 3.87. The molecular weight excluding hydrogens is 322 g/mol. The Morgan fingerprint density at radius 1 is 1.00 bits per heavy atom. The van der Waals surface area contributed by atoms with Crippen molar-refractivity contribution in [2.75, 3.05) is 18.0 Å². The van der Waals surface area contributed by atoms with Crippen LogP contribution in [-0.4, -0.2) is 19.3 Å². The van der Waals surface area contributed by atoms with Gasteiger partial charge >= 0.3 is 0 Å². The van der Waals surface area contributed by atoms with Crippen LogP contribution in [0.15, 0.2) is 41.4 Å². The predicted molar refractivity (Wildman–Crippen MR) is 91.6 cm³/mol. The van der Waals surface area contributed by atoms with Gasteiger partial charge in [0.05, 0.1) is 21.4 Å². The number of nitrogens with zero attached hydrogens (tertiary/aromatic N) is 2. The van der Waals surface area contributed by atoms with E-state index in [1.54, 1.807) is 24.4 Å². The van der Waals surface area contributed by atoms with E-state index in [-0.39, 0.29) is 5.82 Å². The molecule has 0 amide bonds. The van der Waals surface area contributed by atoms with Crippen LogP contribution in [-0.2, 0) is 0 Å². The lowest BCUT2D eigenvalue weighted by atomic mass is 10.2. The molecule has 0 radical (unpaired) electrons. The zero-order valence-electron chi connectivity index (χ0n) is 11.9. The highest BCUT2D eigenvalue weighted by Gasteiger charge is 2.15. The molecule has 1 aliphatic heterocycles. The fourth-order valence-electron chi connectivity index (χ4n) is 2.53. The van der Waals surface area contributed by atoms with Crippen molar-refractivity contribution in [1.82, 2.24) is 0 Å². The fraction of sp³-hybridized carbons (Fsp3) is 0.235. The van der Waals surface area contributed by atoms with Gasteiger partial charge < -0.3 is 4.90 Å². The standard InChI is InChI=1S/C17H15Cl2FN2/c18-14-5-4-13(10-15(14)19)21-11-12-3-6-17(16(20)9-12)22-7-1-2-8-22/h3-6,9-11H,1-2,7-8H2. The second-order valence-corrected chi connectivity index (χ2v) is 6.08. The third-order valence-corrected chi connectivity index (χ3v) is 4.42. The van der Waals surface area contributed by atoms with Gasteiger partial charge in [-0.25, -0.2) is 4.39 Å². The van der Waals surface area contributed by atoms with Crippen molar-refractivity contribution in [3.8, 4) is 0 Å². The summed E-state index contributed by atoms with van der Waals surface area (Å²) in [4.78, 5) is 6.38. The van der Waals surface area contributed by atoms with E-state index in [1.807, 2.05) is 12.1 Å². The fourth-order valence-corrected chi connectivity index (χ4v) is 2.82. The molecule has 3 rings (SSSR count). The number of benzene rings is 2. The molecule has 0 aliphatic carbocycles. The molecule has 5 heteroatoms. The third kappa shape index (κ3) is 3.42. The zero-order chi connectivity index (χ0) is 15.5. The smallest absolute Gasteiger partial charge is 0.147 e. The van der Waals surface area contributed by atoms with E-state index in [0.29, 0.717) is 27.0 Å². The second-order valence-electron chi connectivity index (χ2n) is 5.26. The maximum Gasteiger partial charge on any atom is 0.147 e. The average molecular weight is 337 g/mol. The number of rotatable bonds is 3. The Balaban J connectivity index is 1.78. The quantitative estimate of drug-likeness (QED) is 0.677. The summed E-state index contributed by atoms with van der Waals surface area (Å²) in [6, 6.07) is 10.3. The predicted octanol–water partition coefficient (Wildman–Crippen LogP) is 5.48. The molecule has 0 spiro atoms. The van der Waals surface area contributed by atoms with Crippen LogP contribution >= 0.6 is 23.2 Å². The number of halogens is 3. The molecule has 0 bridgehead atoms.